The minimum Gasteiger partial charge on any atom is -0.480 e. The quantitative estimate of drug-likeness (QED) is 0.907. The van der Waals surface area contributed by atoms with E-state index >= 15 is 0 Å². The molecule has 5 heteroatoms. The smallest absolute Gasteiger partial charge is 0.322 e. The van der Waals surface area contributed by atoms with Crippen molar-refractivity contribution in [2.24, 2.45) is 0 Å². The van der Waals surface area contributed by atoms with E-state index in [1.165, 1.54) is 0 Å². The molecule has 0 saturated heterocycles. The Kier molecular flexibility index (Phi) is 3.05. The van der Waals surface area contributed by atoms with Gasteiger partial charge >= 0.3 is 5.97 Å². The van der Waals surface area contributed by atoms with Gasteiger partial charge in [0.05, 0.1) is 5.52 Å². The standard InChI is InChI=1S/C11H9BrN2O2/c12-7-1-2-9-8(5-7)10(3-4-13-9)14-6-11(15)16/h1-5H,6H2,(H,13,14)(H,15,16). The summed E-state index contributed by atoms with van der Waals surface area (Å²) >= 11 is 3.37. The van der Waals surface area contributed by atoms with E-state index in [1.807, 2.05) is 18.2 Å². The van der Waals surface area contributed by atoms with Crippen LogP contribution in [0.1, 0.15) is 0 Å². The van der Waals surface area contributed by atoms with Crippen molar-refractivity contribution in [2.75, 3.05) is 11.9 Å². The van der Waals surface area contributed by atoms with Gasteiger partial charge in [0.25, 0.3) is 0 Å². The third-order valence-electron chi connectivity index (χ3n) is 2.13. The van der Waals surface area contributed by atoms with Crippen molar-refractivity contribution in [2.45, 2.75) is 0 Å². The van der Waals surface area contributed by atoms with Gasteiger partial charge in [-0.1, -0.05) is 15.9 Å². The molecular weight excluding hydrogens is 272 g/mol. The van der Waals surface area contributed by atoms with Gasteiger partial charge in [0, 0.05) is 21.7 Å². The molecule has 0 atom stereocenters. The minimum atomic E-state index is -0.889. The molecule has 0 saturated carbocycles. The first-order valence-electron chi connectivity index (χ1n) is 4.67. The molecule has 2 rings (SSSR count). The van der Waals surface area contributed by atoms with Gasteiger partial charge in [0.15, 0.2) is 0 Å². The highest BCUT2D eigenvalue weighted by Gasteiger charge is 2.03. The summed E-state index contributed by atoms with van der Waals surface area (Å²) < 4.78 is 0.936. The number of aromatic nitrogens is 1. The monoisotopic (exact) mass is 280 g/mol. The van der Waals surface area contributed by atoms with Crippen LogP contribution in [0, 0.1) is 0 Å². The number of benzene rings is 1. The van der Waals surface area contributed by atoms with Crippen LogP contribution in [0.4, 0.5) is 5.69 Å². The molecule has 2 aromatic rings. The number of rotatable bonds is 3. The van der Waals surface area contributed by atoms with Crippen molar-refractivity contribution in [3.8, 4) is 0 Å². The van der Waals surface area contributed by atoms with Crippen LogP contribution in [0.25, 0.3) is 10.9 Å². The maximum absolute atomic E-state index is 10.5. The summed E-state index contributed by atoms with van der Waals surface area (Å²) in [6.07, 6.45) is 1.65. The summed E-state index contributed by atoms with van der Waals surface area (Å²) in [4.78, 5) is 14.7. The van der Waals surface area contributed by atoms with Gasteiger partial charge in [-0.05, 0) is 24.3 Å². The average Bonchev–Trinajstić information content (AvgIpc) is 2.26. The first-order chi connectivity index (χ1) is 7.66. The third-order valence-corrected chi connectivity index (χ3v) is 2.63. The molecule has 0 bridgehead atoms. The molecule has 0 aliphatic heterocycles. The Bertz CT molecular complexity index is 542. The molecule has 1 aromatic heterocycles. The number of aliphatic carboxylic acids is 1. The van der Waals surface area contributed by atoms with Crippen molar-refractivity contribution in [3.05, 3.63) is 34.9 Å². The molecule has 0 radical (unpaired) electrons. The van der Waals surface area contributed by atoms with Gasteiger partial charge in [-0.3, -0.25) is 9.78 Å². The van der Waals surface area contributed by atoms with Crippen LogP contribution >= 0.6 is 15.9 Å². The number of hydrogen-bond acceptors (Lipinski definition) is 3. The zero-order valence-corrected chi connectivity index (χ0v) is 9.86. The molecule has 0 amide bonds. The van der Waals surface area contributed by atoms with E-state index in [1.54, 1.807) is 12.3 Å². The lowest BCUT2D eigenvalue weighted by molar-refractivity contribution is -0.134. The number of pyridine rings is 1. The molecule has 16 heavy (non-hydrogen) atoms. The molecule has 1 aromatic carbocycles. The van der Waals surface area contributed by atoms with Gasteiger partial charge in [-0.2, -0.15) is 0 Å². The summed E-state index contributed by atoms with van der Waals surface area (Å²) in [5.41, 5.74) is 1.60. The number of halogens is 1. The highest BCUT2D eigenvalue weighted by atomic mass is 79.9. The van der Waals surface area contributed by atoms with Crippen LogP contribution in [0.2, 0.25) is 0 Å². The van der Waals surface area contributed by atoms with Crippen molar-refractivity contribution in [1.82, 2.24) is 4.98 Å². The highest BCUT2D eigenvalue weighted by molar-refractivity contribution is 9.10. The van der Waals surface area contributed by atoms with Crippen LogP contribution in [0.15, 0.2) is 34.9 Å². The van der Waals surface area contributed by atoms with Gasteiger partial charge in [-0.15, -0.1) is 0 Å². The second-order valence-corrected chi connectivity index (χ2v) is 4.18. The SMILES string of the molecule is O=C(O)CNc1ccnc2ccc(Br)cc12. The molecule has 1 heterocycles. The van der Waals surface area contributed by atoms with Crippen LogP contribution in [0.3, 0.4) is 0 Å². The molecule has 2 N–H and O–H groups in total. The lowest BCUT2D eigenvalue weighted by Gasteiger charge is -2.07. The molecule has 0 spiro atoms. The van der Waals surface area contributed by atoms with Crippen molar-refractivity contribution < 1.29 is 9.90 Å². The number of nitrogens with zero attached hydrogens (tertiary/aromatic N) is 1. The molecule has 0 unspecified atom stereocenters. The first-order valence-corrected chi connectivity index (χ1v) is 5.46. The van der Waals surface area contributed by atoms with Crippen LogP contribution in [-0.2, 0) is 4.79 Å². The number of carboxylic acids is 1. The van der Waals surface area contributed by atoms with Crippen molar-refractivity contribution >= 4 is 38.5 Å². The van der Waals surface area contributed by atoms with Gasteiger partial charge in [-0.25, -0.2) is 0 Å². The lowest BCUT2D eigenvalue weighted by Crippen LogP contribution is -2.12. The van der Waals surface area contributed by atoms with Crippen LogP contribution in [0.5, 0.6) is 0 Å². The maximum atomic E-state index is 10.5. The van der Waals surface area contributed by atoms with Crippen LogP contribution < -0.4 is 5.32 Å². The predicted molar refractivity (Wildman–Crippen MR) is 65.6 cm³/mol. The summed E-state index contributed by atoms with van der Waals surface area (Å²) in [6, 6.07) is 7.45. The molecule has 0 fully saturated rings. The Balaban J connectivity index is 2.43. The summed E-state index contributed by atoms with van der Waals surface area (Å²) in [5.74, 6) is -0.889. The number of nitrogens with one attached hydrogen (secondary N) is 1. The zero-order chi connectivity index (χ0) is 11.5. The van der Waals surface area contributed by atoms with Gasteiger partial charge in [0.1, 0.15) is 6.54 Å². The summed E-state index contributed by atoms with van der Waals surface area (Å²) in [5, 5.41) is 12.4. The molecule has 0 aliphatic rings. The van der Waals surface area contributed by atoms with E-state index in [9.17, 15) is 4.79 Å². The molecule has 82 valence electrons. The zero-order valence-electron chi connectivity index (χ0n) is 8.27. The number of fused-ring (bicyclic) bond motifs is 1. The second-order valence-electron chi connectivity index (χ2n) is 3.27. The van der Waals surface area contributed by atoms with E-state index in [0.29, 0.717) is 0 Å². The van der Waals surface area contributed by atoms with E-state index < -0.39 is 5.97 Å². The highest BCUT2D eigenvalue weighted by Crippen LogP contribution is 2.24. The normalized spacial score (nSPS) is 10.3. The minimum absolute atomic E-state index is 0.106. The largest absolute Gasteiger partial charge is 0.480 e. The Morgan fingerprint density at radius 1 is 1.44 bits per heavy atom. The fraction of sp³-hybridized carbons (Fsp3) is 0.0909. The number of carbonyl (C=O) groups is 1. The average molecular weight is 281 g/mol. The molecule has 4 nitrogen and oxygen atoms in total. The molecular formula is C11H9BrN2O2. The van der Waals surface area contributed by atoms with E-state index in [-0.39, 0.29) is 6.54 Å². The van der Waals surface area contributed by atoms with Gasteiger partial charge in [0.2, 0.25) is 0 Å². The van der Waals surface area contributed by atoms with Crippen LogP contribution in [-0.4, -0.2) is 22.6 Å². The maximum Gasteiger partial charge on any atom is 0.322 e. The third kappa shape index (κ3) is 2.30. The lowest BCUT2D eigenvalue weighted by atomic mass is 10.2. The fourth-order valence-corrected chi connectivity index (χ4v) is 1.80. The first kappa shape index (κ1) is 10.9. The summed E-state index contributed by atoms with van der Waals surface area (Å²) in [7, 11) is 0. The van der Waals surface area contributed by atoms with Crippen molar-refractivity contribution in [1.29, 1.82) is 0 Å². The van der Waals surface area contributed by atoms with Gasteiger partial charge < -0.3 is 10.4 Å². The number of hydrogen-bond donors (Lipinski definition) is 2. The Morgan fingerprint density at radius 3 is 3.00 bits per heavy atom. The summed E-state index contributed by atoms with van der Waals surface area (Å²) in [6.45, 7) is -0.106. The van der Waals surface area contributed by atoms with E-state index in [2.05, 4.69) is 26.2 Å². The van der Waals surface area contributed by atoms with E-state index in [4.69, 9.17) is 5.11 Å². The number of anilines is 1. The number of carboxylic acid groups (broad SMARTS) is 1. The Labute approximate surface area is 100 Å². The molecule has 0 aliphatic carbocycles. The predicted octanol–water partition coefficient (Wildman–Crippen LogP) is 2.49. The topological polar surface area (TPSA) is 62.2 Å². The van der Waals surface area contributed by atoms with Crippen molar-refractivity contribution in [3.63, 3.8) is 0 Å². The fourth-order valence-electron chi connectivity index (χ4n) is 1.44. The Morgan fingerprint density at radius 2 is 2.25 bits per heavy atom. The Hall–Kier alpha value is -1.62. The second kappa shape index (κ2) is 4.49. The van der Waals surface area contributed by atoms with E-state index in [0.717, 1.165) is 21.1 Å².